The van der Waals surface area contributed by atoms with Crippen LogP contribution in [-0.4, -0.2) is 40.4 Å². The van der Waals surface area contributed by atoms with Crippen LogP contribution < -0.4 is 5.32 Å². The van der Waals surface area contributed by atoms with E-state index in [-0.39, 0.29) is 12.1 Å². The molecule has 2 aromatic heterocycles. The lowest BCUT2D eigenvalue weighted by molar-refractivity contribution is -0.130. The van der Waals surface area contributed by atoms with Crippen LogP contribution in [0, 0.1) is 20.8 Å². The molecule has 4 rings (SSSR count). The Hall–Kier alpha value is -4.40. The van der Waals surface area contributed by atoms with Crippen molar-refractivity contribution < 1.29 is 28.3 Å². The number of carbonyl (C=O) groups is 4. The van der Waals surface area contributed by atoms with E-state index in [2.05, 4.69) is 5.32 Å². The molecule has 9 nitrogen and oxygen atoms in total. The van der Waals surface area contributed by atoms with Crippen molar-refractivity contribution in [1.82, 2.24) is 14.8 Å². The number of barbiturate groups is 1. The molecule has 174 valence electrons. The van der Waals surface area contributed by atoms with Crippen molar-refractivity contribution in [2.75, 3.05) is 7.11 Å². The summed E-state index contributed by atoms with van der Waals surface area (Å²) in [5.41, 5.74) is 4.01. The van der Waals surface area contributed by atoms with Gasteiger partial charge >= 0.3 is 12.0 Å². The largest absolute Gasteiger partial charge is 0.467 e. The first-order valence-corrected chi connectivity index (χ1v) is 10.5. The first-order chi connectivity index (χ1) is 16.2. The molecule has 4 amide bonds. The third kappa shape index (κ3) is 3.92. The lowest BCUT2D eigenvalue weighted by atomic mass is 10.1. The molecule has 34 heavy (non-hydrogen) atoms. The summed E-state index contributed by atoms with van der Waals surface area (Å²) in [4.78, 5) is 50.9. The van der Waals surface area contributed by atoms with Crippen LogP contribution in [0.1, 0.15) is 38.6 Å². The number of rotatable bonds is 5. The number of hydrogen-bond acceptors (Lipinski definition) is 6. The highest BCUT2D eigenvalue weighted by atomic mass is 16.5. The molecule has 0 spiro atoms. The molecule has 0 bridgehead atoms. The zero-order valence-corrected chi connectivity index (χ0v) is 19.2. The highest BCUT2D eigenvalue weighted by molar-refractivity contribution is 6.31. The fourth-order valence-corrected chi connectivity index (χ4v) is 4.05. The summed E-state index contributed by atoms with van der Waals surface area (Å²) in [7, 11) is 1.33. The van der Waals surface area contributed by atoms with E-state index in [9.17, 15) is 19.2 Å². The van der Waals surface area contributed by atoms with Crippen molar-refractivity contribution in [3.63, 3.8) is 0 Å². The van der Waals surface area contributed by atoms with Gasteiger partial charge in [-0.15, -0.1) is 0 Å². The summed E-state index contributed by atoms with van der Waals surface area (Å²) in [6.07, 6.45) is 2.91. The number of aromatic nitrogens is 1. The molecule has 1 saturated heterocycles. The van der Waals surface area contributed by atoms with Gasteiger partial charge in [-0.05, 0) is 68.3 Å². The first-order valence-electron chi connectivity index (χ1n) is 10.5. The average Bonchev–Trinajstić information content (AvgIpc) is 3.41. The number of nitrogens with zero attached hydrogens (tertiary/aromatic N) is 2. The lowest BCUT2D eigenvalue weighted by Gasteiger charge is -2.25. The van der Waals surface area contributed by atoms with E-state index in [4.69, 9.17) is 9.15 Å². The number of imide groups is 2. The van der Waals surface area contributed by atoms with Crippen molar-refractivity contribution in [2.24, 2.45) is 0 Å². The monoisotopic (exact) mass is 461 g/mol. The van der Waals surface area contributed by atoms with Crippen LogP contribution in [0.15, 0.2) is 52.7 Å². The molecule has 1 fully saturated rings. The maximum absolute atomic E-state index is 13.0. The Kier molecular flexibility index (Phi) is 5.93. The van der Waals surface area contributed by atoms with Crippen LogP contribution in [-0.2, 0) is 20.9 Å². The number of ether oxygens (including phenoxy) is 1. The van der Waals surface area contributed by atoms with Gasteiger partial charge in [0.1, 0.15) is 11.3 Å². The minimum absolute atomic E-state index is 0.0964. The maximum atomic E-state index is 13.0. The summed E-state index contributed by atoms with van der Waals surface area (Å²) in [6, 6.07) is 9.65. The van der Waals surface area contributed by atoms with Gasteiger partial charge in [0.25, 0.3) is 11.8 Å². The Morgan fingerprint density at radius 2 is 1.88 bits per heavy atom. The molecular weight excluding hydrogens is 438 g/mol. The van der Waals surface area contributed by atoms with E-state index in [1.165, 1.54) is 19.4 Å². The highest BCUT2D eigenvalue weighted by Crippen LogP contribution is 2.27. The maximum Gasteiger partial charge on any atom is 0.338 e. The van der Waals surface area contributed by atoms with Crippen molar-refractivity contribution in [3.8, 4) is 5.69 Å². The first kappa shape index (κ1) is 22.8. The molecule has 3 aromatic rings. The van der Waals surface area contributed by atoms with Gasteiger partial charge in [0.2, 0.25) is 0 Å². The number of amides is 4. The van der Waals surface area contributed by atoms with Gasteiger partial charge in [0.05, 0.1) is 25.5 Å². The van der Waals surface area contributed by atoms with Gasteiger partial charge in [-0.25, -0.2) is 9.59 Å². The topological polar surface area (TPSA) is 111 Å². The second-order valence-electron chi connectivity index (χ2n) is 7.89. The average molecular weight is 461 g/mol. The minimum Gasteiger partial charge on any atom is -0.467 e. The predicted octanol–water partition coefficient (Wildman–Crippen LogP) is 3.44. The second kappa shape index (κ2) is 8.86. The number of carbonyl (C=O) groups excluding carboxylic acids is 4. The highest BCUT2D eigenvalue weighted by Gasteiger charge is 2.36. The molecule has 0 aliphatic carbocycles. The van der Waals surface area contributed by atoms with Crippen LogP contribution in [0.25, 0.3) is 11.8 Å². The molecule has 9 heteroatoms. The predicted molar refractivity (Wildman–Crippen MR) is 122 cm³/mol. The van der Waals surface area contributed by atoms with E-state index in [1.807, 2.05) is 37.5 Å². The Bertz CT molecular complexity index is 1350. The van der Waals surface area contributed by atoms with Crippen LogP contribution >= 0.6 is 0 Å². The Labute approximate surface area is 195 Å². The standard InChI is InChI=1S/C25H23N3O6/c1-14-11-17(16(3)28(14)21-9-5-8-19(15(21)2)24(31)33-4)12-20-22(29)26-25(32)27(23(20)30)13-18-7-6-10-34-18/h5-12H,13H2,1-4H3,(H,26,29,32). The molecule has 1 N–H and O–H groups in total. The van der Waals surface area contributed by atoms with Gasteiger partial charge < -0.3 is 13.7 Å². The molecule has 0 unspecified atom stereocenters. The summed E-state index contributed by atoms with van der Waals surface area (Å²) in [6.45, 7) is 5.46. The number of furan rings is 1. The number of esters is 1. The third-order valence-electron chi connectivity index (χ3n) is 5.80. The third-order valence-corrected chi connectivity index (χ3v) is 5.80. The molecule has 0 atom stereocenters. The number of urea groups is 1. The molecule has 0 radical (unpaired) electrons. The van der Waals surface area contributed by atoms with Crippen molar-refractivity contribution >= 4 is 29.9 Å². The quantitative estimate of drug-likeness (QED) is 0.354. The fourth-order valence-electron chi connectivity index (χ4n) is 4.05. The Morgan fingerprint density at radius 1 is 1.12 bits per heavy atom. The van der Waals surface area contributed by atoms with Gasteiger partial charge in [-0.3, -0.25) is 19.8 Å². The molecule has 3 heterocycles. The Morgan fingerprint density at radius 3 is 2.56 bits per heavy atom. The summed E-state index contributed by atoms with van der Waals surface area (Å²) in [5.74, 6) is -1.50. The van der Waals surface area contributed by atoms with E-state index < -0.39 is 23.8 Å². The van der Waals surface area contributed by atoms with Crippen LogP contribution in [0.5, 0.6) is 0 Å². The summed E-state index contributed by atoms with van der Waals surface area (Å²) >= 11 is 0. The normalized spacial score (nSPS) is 15.1. The zero-order chi connectivity index (χ0) is 24.6. The molecular formula is C25H23N3O6. The number of benzene rings is 1. The number of nitrogens with one attached hydrogen (secondary N) is 1. The van der Waals surface area contributed by atoms with Crippen molar-refractivity contribution in [1.29, 1.82) is 0 Å². The summed E-state index contributed by atoms with van der Waals surface area (Å²) < 4.78 is 12.0. The van der Waals surface area contributed by atoms with Crippen molar-refractivity contribution in [2.45, 2.75) is 27.3 Å². The number of hydrogen-bond donors (Lipinski definition) is 1. The molecule has 0 saturated carbocycles. The van der Waals surface area contributed by atoms with Crippen LogP contribution in [0.3, 0.4) is 0 Å². The van der Waals surface area contributed by atoms with E-state index in [1.54, 1.807) is 24.3 Å². The second-order valence-corrected chi connectivity index (χ2v) is 7.89. The molecule has 1 aliphatic rings. The number of aryl methyl sites for hydroxylation is 1. The molecule has 1 aromatic carbocycles. The van der Waals surface area contributed by atoms with Crippen molar-refractivity contribution in [3.05, 3.63) is 82.1 Å². The van der Waals surface area contributed by atoms with Gasteiger partial charge in [0, 0.05) is 17.1 Å². The van der Waals surface area contributed by atoms with E-state index in [0.717, 1.165) is 27.5 Å². The molecule has 1 aliphatic heterocycles. The van der Waals surface area contributed by atoms with Gasteiger partial charge in [-0.2, -0.15) is 0 Å². The minimum atomic E-state index is -0.802. The SMILES string of the molecule is COC(=O)c1cccc(-n2c(C)cc(C=C3C(=O)NC(=O)N(Cc4ccco4)C3=O)c2C)c1C. The van der Waals surface area contributed by atoms with Gasteiger partial charge in [0.15, 0.2) is 0 Å². The van der Waals surface area contributed by atoms with E-state index >= 15 is 0 Å². The lowest BCUT2D eigenvalue weighted by Crippen LogP contribution is -2.53. The zero-order valence-electron chi connectivity index (χ0n) is 19.2. The van der Waals surface area contributed by atoms with E-state index in [0.29, 0.717) is 16.9 Å². The van der Waals surface area contributed by atoms with Crippen LogP contribution in [0.2, 0.25) is 0 Å². The van der Waals surface area contributed by atoms with Crippen LogP contribution in [0.4, 0.5) is 4.79 Å². The smallest absolute Gasteiger partial charge is 0.338 e. The summed E-state index contributed by atoms with van der Waals surface area (Å²) in [5, 5.41) is 2.21. The fraction of sp³-hybridized carbons (Fsp3) is 0.200. The van der Waals surface area contributed by atoms with Gasteiger partial charge in [-0.1, -0.05) is 6.07 Å². The Balaban J connectivity index is 1.74. The number of methoxy groups -OCH3 is 1.